The maximum atomic E-state index is 11.7. The van der Waals surface area contributed by atoms with Gasteiger partial charge in [0, 0.05) is 19.4 Å². The van der Waals surface area contributed by atoms with E-state index >= 15 is 0 Å². The van der Waals surface area contributed by atoms with Crippen LogP contribution in [0.25, 0.3) is 0 Å². The summed E-state index contributed by atoms with van der Waals surface area (Å²) in [5.74, 6) is 2.70. The molecule has 1 aromatic rings. The van der Waals surface area contributed by atoms with E-state index in [1.54, 1.807) is 6.26 Å². The highest BCUT2D eigenvalue weighted by molar-refractivity contribution is 5.76. The number of carbonyl (C=O) groups excluding carboxylic acids is 1. The Morgan fingerprint density at radius 3 is 2.44 bits per heavy atom. The minimum Gasteiger partial charge on any atom is -0.469 e. The van der Waals surface area contributed by atoms with Gasteiger partial charge in [0.15, 0.2) is 0 Å². The second kappa shape index (κ2) is 7.24. The molecule has 0 aliphatic carbocycles. The van der Waals surface area contributed by atoms with Crippen LogP contribution in [0.2, 0.25) is 0 Å². The van der Waals surface area contributed by atoms with E-state index in [2.05, 4.69) is 33.0 Å². The van der Waals surface area contributed by atoms with E-state index < -0.39 is 0 Å². The number of amides is 1. The van der Waals surface area contributed by atoms with Crippen molar-refractivity contribution in [2.24, 2.45) is 17.8 Å². The molecule has 0 aromatic carbocycles. The van der Waals surface area contributed by atoms with Gasteiger partial charge in [-0.1, -0.05) is 27.7 Å². The Bertz CT molecular complexity index is 333. The van der Waals surface area contributed by atoms with Crippen molar-refractivity contribution in [3.8, 4) is 0 Å². The zero-order valence-electron chi connectivity index (χ0n) is 11.9. The van der Waals surface area contributed by atoms with Crippen LogP contribution >= 0.6 is 0 Å². The lowest BCUT2D eigenvalue weighted by Gasteiger charge is -2.25. The Morgan fingerprint density at radius 1 is 1.28 bits per heavy atom. The van der Waals surface area contributed by atoms with Crippen LogP contribution in [0.5, 0.6) is 0 Å². The van der Waals surface area contributed by atoms with E-state index in [1.165, 1.54) is 0 Å². The van der Waals surface area contributed by atoms with Gasteiger partial charge in [-0.3, -0.25) is 4.79 Å². The number of hydrogen-bond acceptors (Lipinski definition) is 2. The lowest BCUT2D eigenvalue weighted by atomic mass is 9.85. The first-order valence-corrected chi connectivity index (χ1v) is 6.79. The third kappa shape index (κ3) is 4.94. The highest BCUT2D eigenvalue weighted by Crippen LogP contribution is 2.19. The van der Waals surface area contributed by atoms with Crippen molar-refractivity contribution in [3.63, 3.8) is 0 Å². The van der Waals surface area contributed by atoms with Crippen molar-refractivity contribution in [2.45, 2.75) is 40.5 Å². The summed E-state index contributed by atoms with van der Waals surface area (Å²) in [5, 5.41) is 3.03. The Morgan fingerprint density at radius 2 is 1.94 bits per heavy atom. The van der Waals surface area contributed by atoms with E-state index in [9.17, 15) is 4.79 Å². The van der Waals surface area contributed by atoms with Gasteiger partial charge in [0.05, 0.1) is 6.26 Å². The molecule has 0 atom stereocenters. The molecule has 0 bridgehead atoms. The SMILES string of the molecule is CC(C)C(CNC(=O)CCc1ccco1)C(C)C. The first-order valence-electron chi connectivity index (χ1n) is 6.79. The fraction of sp³-hybridized carbons (Fsp3) is 0.667. The van der Waals surface area contributed by atoms with E-state index in [0.717, 1.165) is 12.3 Å². The van der Waals surface area contributed by atoms with Gasteiger partial charge in [0.2, 0.25) is 5.91 Å². The summed E-state index contributed by atoms with van der Waals surface area (Å²) in [7, 11) is 0. The van der Waals surface area contributed by atoms with Gasteiger partial charge in [0.25, 0.3) is 0 Å². The Kier molecular flexibility index (Phi) is 5.96. The average Bonchev–Trinajstić information content (AvgIpc) is 2.78. The maximum Gasteiger partial charge on any atom is 0.220 e. The van der Waals surface area contributed by atoms with Crippen LogP contribution in [0.3, 0.4) is 0 Å². The number of nitrogens with one attached hydrogen (secondary N) is 1. The lowest BCUT2D eigenvalue weighted by molar-refractivity contribution is -0.121. The Balaban J connectivity index is 2.27. The highest BCUT2D eigenvalue weighted by Gasteiger charge is 2.18. The first-order chi connectivity index (χ1) is 8.50. The minimum atomic E-state index is 0.109. The molecule has 1 amide bonds. The Labute approximate surface area is 110 Å². The fourth-order valence-corrected chi connectivity index (χ4v) is 2.25. The molecule has 0 aliphatic rings. The number of aryl methyl sites for hydroxylation is 1. The molecule has 1 N–H and O–H groups in total. The summed E-state index contributed by atoms with van der Waals surface area (Å²) in [6.07, 6.45) is 2.81. The molecule has 1 heterocycles. The number of hydrogen-bond donors (Lipinski definition) is 1. The van der Waals surface area contributed by atoms with Crippen molar-refractivity contribution in [1.82, 2.24) is 5.32 Å². The van der Waals surface area contributed by atoms with Gasteiger partial charge in [-0.15, -0.1) is 0 Å². The van der Waals surface area contributed by atoms with Gasteiger partial charge < -0.3 is 9.73 Å². The molecule has 0 radical (unpaired) electrons. The molecule has 18 heavy (non-hydrogen) atoms. The lowest BCUT2D eigenvalue weighted by Crippen LogP contribution is -2.34. The van der Waals surface area contributed by atoms with Gasteiger partial charge in [-0.05, 0) is 29.9 Å². The van der Waals surface area contributed by atoms with Crippen molar-refractivity contribution in [3.05, 3.63) is 24.2 Å². The third-order valence-corrected chi connectivity index (χ3v) is 3.43. The monoisotopic (exact) mass is 251 g/mol. The average molecular weight is 251 g/mol. The molecule has 0 aliphatic heterocycles. The summed E-state index contributed by atoms with van der Waals surface area (Å²) in [5.41, 5.74) is 0. The molecule has 3 nitrogen and oxygen atoms in total. The summed E-state index contributed by atoms with van der Waals surface area (Å²) >= 11 is 0. The van der Waals surface area contributed by atoms with E-state index in [4.69, 9.17) is 4.42 Å². The van der Waals surface area contributed by atoms with E-state index in [1.807, 2.05) is 12.1 Å². The quantitative estimate of drug-likeness (QED) is 0.808. The Hall–Kier alpha value is -1.25. The first kappa shape index (κ1) is 14.8. The molecule has 0 spiro atoms. The summed E-state index contributed by atoms with van der Waals surface area (Å²) in [6, 6.07) is 3.75. The molecular formula is C15H25NO2. The molecule has 1 rings (SSSR count). The molecule has 0 saturated carbocycles. The van der Waals surface area contributed by atoms with Gasteiger partial charge in [0.1, 0.15) is 5.76 Å². The third-order valence-electron chi connectivity index (χ3n) is 3.43. The van der Waals surface area contributed by atoms with Crippen LogP contribution in [0, 0.1) is 17.8 Å². The van der Waals surface area contributed by atoms with Crippen LogP contribution in [0.4, 0.5) is 0 Å². The zero-order valence-corrected chi connectivity index (χ0v) is 11.9. The van der Waals surface area contributed by atoms with Crippen LogP contribution in [-0.4, -0.2) is 12.5 Å². The second-order valence-corrected chi connectivity index (χ2v) is 5.54. The number of rotatable bonds is 7. The van der Waals surface area contributed by atoms with E-state index in [-0.39, 0.29) is 5.91 Å². The molecule has 102 valence electrons. The van der Waals surface area contributed by atoms with Crippen molar-refractivity contribution >= 4 is 5.91 Å². The van der Waals surface area contributed by atoms with Gasteiger partial charge >= 0.3 is 0 Å². The molecular weight excluding hydrogens is 226 g/mol. The van der Waals surface area contributed by atoms with E-state index in [0.29, 0.717) is 30.6 Å². The van der Waals surface area contributed by atoms with Gasteiger partial charge in [-0.2, -0.15) is 0 Å². The van der Waals surface area contributed by atoms with Crippen LogP contribution < -0.4 is 5.32 Å². The number of furan rings is 1. The molecule has 0 unspecified atom stereocenters. The predicted octanol–water partition coefficient (Wildman–Crippen LogP) is 3.26. The fourth-order valence-electron chi connectivity index (χ4n) is 2.25. The molecule has 3 heteroatoms. The molecule has 1 aromatic heterocycles. The van der Waals surface area contributed by atoms with Crippen LogP contribution in [0.15, 0.2) is 22.8 Å². The van der Waals surface area contributed by atoms with Crippen molar-refractivity contribution in [1.29, 1.82) is 0 Å². The highest BCUT2D eigenvalue weighted by atomic mass is 16.3. The van der Waals surface area contributed by atoms with Crippen LogP contribution in [-0.2, 0) is 11.2 Å². The smallest absolute Gasteiger partial charge is 0.220 e. The minimum absolute atomic E-state index is 0.109. The number of carbonyl (C=O) groups is 1. The van der Waals surface area contributed by atoms with Crippen molar-refractivity contribution in [2.75, 3.05) is 6.54 Å². The second-order valence-electron chi connectivity index (χ2n) is 5.54. The normalized spacial score (nSPS) is 11.5. The molecule has 0 saturated heterocycles. The largest absolute Gasteiger partial charge is 0.469 e. The maximum absolute atomic E-state index is 11.7. The summed E-state index contributed by atoms with van der Waals surface area (Å²) in [6.45, 7) is 9.60. The summed E-state index contributed by atoms with van der Waals surface area (Å²) < 4.78 is 5.21. The zero-order chi connectivity index (χ0) is 13.5. The standard InChI is InChI=1S/C15H25NO2/c1-11(2)14(12(3)4)10-16-15(17)8-7-13-6-5-9-18-13/h5-6,9,11-12,14H,7-8,10H2,1-4H3,(H,16,17). The topological polar surface area (TPSA) is 42.2 Å². The van der Waals surface area contributed by atoms with Gasteiger partial charge in [-0.25, -0.2) is 0 Å². The van der Waals surface area contributed by atoms with Crippen molar-refractivity contribution < 1.29 is 9.21 Å². The van der Waals surface area contributed by atoms with Crippen LogP contribution in [0.1, 0.15) is 39.9 Å². The summed E-state index contributed by atoms with van der Waals surface area (Å²) in [4.78, 5) is 11.7. The predicted molar refractivity (Wildman–Crippen MR) is 73.2 cm³/mol. The molecule has 0 fully saturated rings.